The van der Waals surface area contributed by atoms with Crippen molar-refractivity contribution >= 4 is 12.2 Å². The maximum Gasteiger partial charge on any atom is -0.00245 e. The first-order chi connectivity index (χ1) is 5.27. The lowest BCUT2D eigenvalue weighted by molar-refractivity contribution is 1.43. The molecule has 0 fully saturated rings. The van der Waals surface area contributed by atoms with Crippen LogP contribution in [0.1, 0.15) is 16.7 Å². The summed E-state index contributed by atoms with van der Waals surface area (Å²) < 4.78 is 0. The quantitative estimate of drug-likeness (QED) is 0.596. The van der Waals surface area contributed by atoms with Crippen LogP contribution in [0, 0.1) is 13.0 Å². The molecule has 55 valence electrons. The molecule has 1 rings (SSSR count). The third-order valence-electron chi connectivity index (χ3n) is 1.64. The van der Waals surface area contributed by atoms with Crippen LogP contribution in [0.15, 0.2) is 25.3 Å². The van der Waals surface area contributed by atoms with Gasteiger partial charge < -0.3 is 0 Å². The van der Waals surface area contributed by atoms with Gasteiger partial charge in [-0.05, 0) is 29.7 Å². The Balaban J connectivity index is 3.22. The Morgan fingerprint density at radius 2 is 2.00 bits per heavy atom. The Morgan fingerprint density at radius 3 is 2.55 bits per heavy atom. The molecule has 0 bridgehead atoms. The molecule has 0 unspecified atom stereocenters. The maximum atomic E-state index is 3.70. The van der Waals surface area contributed by atoms with E-state index in [0.717, 1.165) is 11.1 Å². The topological polar surface area (TPSA) is 0 Å². The predicted molar refractivity (Wildman–Crippen MR) is 50.2 cm³/mol. The molecule has 0 amide bonds. The maximum absolute atomic E-state index is 3.70. The van der Waals surface area contributed by atoms with Crippen molar-refractivity contribution < 1.29 is 0 Å². The van der Waals surface area contributed by atoms with E-state index in [2.05, 4.69) is 19.2 Å². The van der Waals surface area contributed by atoms with E-state index in [1.807, 2.05) is 25.1 Å². The number of benzene rings is 1. The molecule has 0 aliphatic carbocycles. The Labute approximate surface area is 67.9 Å². The summed E-state index contributed by atoms with van der Waals surface area (Å²) in [4.78, 5) is 0. The molecule has 0 aliphatic rings. The highest BCUT2D eigenvalue weighted by atomic mass is 14.0. The highest BCUT2D eigenvalue weighted by Gasteiger charge is 1.93. The van der Waals surface area contributed by atoms with E-state index in [1.165, 1.54) is 5.56 Å². The molecule has 11 heavy (non-hydrogen) atoms. The predicted octanol–water partition coefficient (Wildman–Crippen LogP) is 3.08. The minimum absolute atomic E-state index is 1.02. The molecule has 1 aromatic rings. The summed E-state index contributed by atoms with van der Waals surface area (Å²) in [5.41, 5.74) is 3.28. The molecular formula is C11H11. The number of hydrogen-bond acceptors (Lipinski definition) is 0. The lowest BCUT2D eigenvalue weighted by Gasteiger charge is -1.99. The minimum Gasteiger partial charge on any atom is -0.0984 e. The van der Waals surface area contributed by atoms with Gasteiger partial charge in [0.05, 0.1) is 0 Å². The van der Waals surface area contributed by atoms with Crippen LogP contribution in [-0.2, 0) is 0 Å². The van der Waals surface area contributed by atoms with Crippen LogP contribution in [0.2, 0.25) is 0 Å². The smallest absolute Gasteiger partial charge is 0.00245 e. The molecule has 0 nitrogen and oxygen atoms in total. The third-order valence-corrected chi connectivity index (χ3v) is 1.64. The SMILES string of the molecule is C=Cc1[c]c(C=C)c(C)cc1. The van der Waals surface area contributed by atoms with Gasteiger partial charge in [-0.15, -0.1) is 0 Å². The number of rotatable bonds is 2. The largest absolute Gasteiger partial charge is 0.0984 e. The highest BCUT2D eigenvalue weighted by molar-refractivity contribution is 5.57. The van der Waals surface area contributed by atoms with E-state index in [1.54, 1.807) is 6.08 Å². The van der Waals surface area contributed by atoms with Crippen molar-refractivity contribution in [3.63, 3.8) is 0 Å². The van der Waals surface area contributed by atoms with Crippen LogP contribution >= 0.6 is 0 Å². The Bertz CT molecular complexity index is 282. The van der Waals surface area contributed by atoms with Crippen molar-refractivity contribution in [2.75, 3.05) is 0 Å². The van der Waals surface area contributed by atoms with Gasteiger partial charge in [-0.1, -0.05) is 37.4 Å². The summed E-state index contributed by atoms with van der Waals surface area (Å²) in [6.07, 6.45) is 3.59. The van der Waals surface area contributed by atoms with Crippen molar-refractivity contribution in [3.05, 3.63) is 48.0 Å². The van der Waals surface area contributed by atoms with Gasteiger partial charge in [0, 0.05) is 0 Å². The lowest BCUT2D eigenvalue weighted by atomic mass is 10.1. The first kappa shape index (κ1) is 7.80. The van der Waals surface area contributed by atoms with E-state index >= 15 is 0 Å². The van der Waals surface area contributed by atoms with Crippen LogP contribution in [0.3, 0.4) is 0 Å². The van der Waals surface area contributed by atoms with Crippen LogP contribution < -0.4 is 0 Å². The minimum atomic E-state index is 1.02. The highest BCUT2D eigenvalue weighted by Crippen LogP contribution is 2.11. The van der Waals surface area contributed by atoms with Crippen LogP contribution in [0.5, 0.6) is 0 Å². The molecule has 0 N–H and O–H groups in total. The second-order valence-electron chi connectivity index (χ2n) is 2.42. The van der Waals surface area contributed by atoms with Gasteiger partial charge in [-0.3, -0.25) is 0 Å². The van der Waals surface area contributed by atoms with Gasteiger partial charge in [-0.2, -0.15) is 0 Å². The average Bonchev–Trinajstić information content (AvgIpc) is 2.05. The molecule has 0 atom stereocenters. The molecule has 1 radical (unpaired) electrons. The summed E-state index contributed by atoms with van der Waals surface area (Å²) in [5, 5.41) is 0. The Morgan fingerprint density at radius 1 is 1.27 bits per heavy atom. The monoisotopic (exact) mass is 143 g/mol. The fourth-order valence-electron chi connectivity index (χ4n) is 0.931. The van der Waals surface area contributed by atoms with E-state index in [0.29, 0.717) is 0 Å². The van der Waals surface area contributed by atoms with Gasteiger partial charge in [0.1, 0.15) is 0 Å². The molecule has 0 heterocycles. The Kier molecular flexibility index (Phi) is 2.27. The Hall–Kier alpha value is -1.30. The molecule has 0 spiro atoms. The summed E-state index contributed by atoms with van der Waals surface area (Å²) in [5.74, 6) is 0. The van der Waals surface area contributed by atoms with Gasteiger partial charge in [0.25, 0.3) is 0 Å². The fourth-order valence-corrected chi connectivity index (χ4v) is 0.931. The van der Waals surface area contributed by atoms with Crippen molar-refractivity contribution in [3.8, 4) is 0 Å². The lowest BCUT2D eigenvalue weighted by Crippen LogP contribution is -1.81. The normalized spacial score (nSPS) is 9.18. The fraction of sp³-hybridized carbons (Fsp3) is 0.0909. The van der Waals surface area contributed by atoms with E-state index in [9.17, 15) is 0 Å². The second kappa shape index (κ2) is 3.20. The summed E-state index contributed by atoms with van der Waals surface area (Å²) in [6.45, 7) is 9.41. The van der Waals surface area contributed by atoms with Gasteiger partial charge in [-0.25, -0.2) is 0 Å². The van der Waals surface area contributed by atoms with Crippen LogP contribution in [-0.4, -0.2) is 0 Å². The van der Waals surface area contributed by atoms with Gasteiger partial charge >= 0.3 is 0 Å². The van der Waals surface area contributed by atoms with Crippen LogP contribution in [0.4, 0.5) is 0 Å². The molecular weight excluding hydrogens is 132 g/mol. The summed E-state index contributed by atoms with van der Waals surface area (Å²) >= 11 is 0. The van der Waals surface area contributed by atoms with E-state index in [-0.39, 0.29) is 0 Å². The number of aryl methyl sites for hydroxylation is 1. The van der Waals surface area contributed by atoms with Crippen molar-refractivity contribution in [1.29, 1.82) is 0 Å². The second-order valence-corrected chi connectivity index (χ2v) is 2.42. The average molecular weight is 143 g/mol. The molecule has 0 heteroatoms. The summed E-state index contributed by atoms with van der Waals surface area (Å²) in [6, 6.07) is 7.22. The van der Waals surface area contributed by atoms with E-state index in [4.69, 9.17) is 0 Å². The van der Waals surface area contributed by atoms with Gasteiger partial charge in [0.15, 0.2) is 0 Å². The third kappa shape index (κ3) is 1.58. The molecule has 1 aromatic carbocycles. The molecule has 0 aliphatic heterocycles. The van der Waals surface area contributed by atoms with Crippen LogP contribution in [0.25, 0.3) is 12.2 Å². The molecule has 0 aromatic heterocycles. The van der Waals surface area contributed by atoms with Crippen molar-refractivity contribution in [2.24, 2.45) is 0 Å². The first-order valence-electron chi connectivity index (χ1n) is 3.55. The van der Waals surface area contributed by atoms with Crippen molar-refractivity contribution in [2.45, 2.75) is 6.92 Å². The molecule has 0 saturated carbocycles. The zero-order valence-corrected chi connectivity index (χ0v) is 6.72. The van der Waals surface area contributed by atoms with Gasteiger partial charge in [0.2, 0.25) is 0 Å². The molecule has 0 saturated heterocycles. The standard InChI is InChI=1S/C11H11/c1-4-10-7-6-9(3)11(5-2)8-10/h4-7H,1-2H2,3H3. The van der Waals surface area contributed by atoms with E-state index < -0.39 is 0 Å². The zero-order chi connectivity index (χ0) is 8.27. The summed E-state index contributed by atoms with van der Waals surface area (Å²) in [7, 11) is 0. The zero-order valence-electron chi connectivity index (χ0n) is 6.72. The van der Waals surface area contributed by atoms with Crippen molar-refractivity contribution in [1.82, 2.24) is 0 Å². The first-order valence-corrected chi connectivity index (χ1v) is 3.55. The number of hydrogen-bond donors (Lipinski definition) is 0.